The van der Waals surface area contributed by atoms with Crippen molar-refractivity contribution >= 4 is 6.29 Å². The Labute approximate surface area is 71.6 Å². The Bertz CT molecular complexity index is 307. The van der Waals surface area contributed by atoms with Gasteiger partial charge in [-0.05, 0) is 37.3 Å². The van der Waals surface area contributed by atoms with Crippen LogP contribution in [0.4, 0.5) is 0 Å². The molecule has 0 bridgehead atoms. The van der Waals surface area contributed by atoms with Crippen LogP contribution in [-0.2, 0) is 12.8 Å². The molecule has 0 unspecified atom stereocenters. The first-order valence-corrected chi connectivity index (χ1v) is 4.34. The second kappa shape index (κ2) is 3.05. The molecular formula is C10H11NO. The quantitative estimate of drug-likeness (QED) is 0.587. The highest BCUT2D eigenvalue weighted by Crippen LogP contribution is 2.21. The molecule has 2 nitrogen and oxygen atoms in total. The number of carbonyl (C=O) groups excluding carboxylic acids is 1. The lowest BCUT2D eigenvalue weighted by Gasteiger charge is -2.15. The number of aromatic nitrogens is 1. The lowest BCUT2D eigenvalue weighted by molar-refractivity contribution is 0.112. The second-order valence-corrected chi connectivity index (χ2v) is 3.15. The van der Waals surface area contributed by atoms with E-state index in [0.717, 1.165) is 30.4 Å². The Morgan fingerprint density at radius 1 is 1.33 bits per heavy atom. The first kappa shape index (κ1) is 7.47. The smallest absolute Gasteiger partial charge is 0.150 e. The highest BCUT2D eigenvalue weighted by molar-refractivity contribution is 5.77. The van der Waals surface area contributed by atoms with Crippen molar-refractivity contribution in [1.29, 1.82) is 0 Å². The fraction of sp³-hybridized carbons (Fsp3) is 0.400. The third-order valence-electron chi connectivity index (χ3n) is 2.40. The molecule has 62 valence electrons. The van der Waals surface area contributed by atoms with Gasteiger partial charge in [-0.2, -0.15) is 0 Å². The molecule has 0 saturated carbocycles. The molecule has 1 aliphatic carbocycles. The summed E-state index contributed by atoms with van der Waals surface area (Å²) in [6.45, 7) is 0. The number of rotatable bonds is 1. The van der Waals surface area contributed by atoms with Crippen molar-refractivity contribution in [3.8, 4) is 0 Å². The van der Waals surface area contributed by atoms with Gasteiger partial charge in [-0.3, -0.25) is 9.78 Å². The number of nitrogens with zero attached hydrogens (tertiary/aromatic N) is 1. The minimum absolute atomic E-state index is 0.833. The molecule has 0 atom stereocenters. The van der Waals surface area contributed by atoms with Crippen LogP contribution in [0.1, 0.15) is 34.5 Å². The van der Waals surface area contributed by atoms with Gasteiger partial charge in [0.1, 0.15) is 6.29 Å². The molecular weight excluding hydrogens is 150 g/mol. The maximum Gasteiger partial charge on any atom is 0.150 e. The molecule has 0 saturated heterocycles. The Morgan fingerprint density at radius 2 is 2.17 bits per heavy atom. The van der Waals surface area contributed by atoms with Crippen LogP contribution in [0.2, 0.25) is 0 Å². The number of aryl methyl sites for hydroxylation is 1. The third kappa shape index (κ3) is 1.13. The molecule has 1 heterocycles. The zero-order chi connectivity index (χ0) is 8.39. The van der Waals surface area contributed by atoms with Crippen molar-refractivity contribution in [3.63, 3.8) is 0 Å². The number of hydrogen-bond donors (Lipinski definition) is 0. The van der Waals surface area contributed by atoms with Crippen LogP contribution < -0.4 is 0 Å². The number of hydrogen-bond acceptors (Lipinski definition) is 2. The number of aldehydes is 1. The summed E-state index contributed by atoms with van der Waals surface area (Å²) >= 11 is 0. The van der Waals surface area contributed by atoms with Gasteiger partial charge in [0, 0.05) is 17.5 Å². The molecule has 0 fully saturated rings. The van der Waals surface area contributed by atoms with E-state index in [-0.39, 0.29) is 0 Å². The minimum Gasteiger partial charge on any atom is -0.298 e. The van der Waals surface area contributed by atoms with Gasteiger partial charge in [0.15, 0.2) is 0 Å². The molecule has 0 aromatic carbocycles. The summed E-state index contributed by atoms with van der Waals surface area (Å²) in [6.07, 6.45) is 7.13. The Morgan fingerprint density at radius 3 is 3.00 bits per heavy atom. The van der Waals surface area contributed by atoms with Gasteiger partial charge in [-0.1, -0.05) is 0 Å². The van der Waals surface area contributed by atoms with E-state index in [0.29, 0.717) is 0 Å². The summed E-state index contributed by atoms with van der Waals surface area (Å²) in [7, 11) is 0. The lowest BCUT2D eigenvalue weighted by atomic mass is 9.93. The molecule has 2 rings (SSSR count). The van der Waals surface area contributed by atoms with E-state index in [4.69, 9.17) is 0 Å². The number of pyridine rings is 1. The molecule has 1 aromatic heterocycles. The maximum atomic E-state index is 10.7. The predicted molar refractivity (Wildman–Crippen MR) is 46.3 cm³/mol. The molecule has 2 heteroatoms. The SMILES string of the molecule is O=Cc1ccnc2c1CCCC2. The van der Waals surface area contributed by atoms with Crippen LogP contribution in [0.3, 0.4) is 0 Å². The highest BCUT2D eigenvalue weighted by atomic mass is 16.1. The zero-order valence-corrected chi connectivity index (χ0v) is 6.92. The van der Waals surface area contributed by atoms with E-state index in [9.17, 15) is 4.79 Å². The summed E-state index contributed by atoms with van der Waals surface area (Å²) < 4.78 is 0. The van der Waals surface area contributed by atoms with Gasteiger partial charge in [0.05, 0.1) is 0 Å². The predicted octanol–water partition coefficient (Wildman–Crippen LogP) is 1.77. The summed E-state index contributed by atoms with van der Waals surface area (Å²) in [5.74, 6) is 0. The lowest BCUT2D eigenvalue weighted by Crippen LogP contribution is -2.07. The fourth-order valence-electron chi connectivity index (χ4n) is 1.76. The standard InChI is InChI=1S/C10H11NO/c12-7-8-5-6-11-10-4-2-1-3-9(8)10/h5-7H,1-4H2. The van der Waals surface area contributed by atoms with Crippen molar-refractivity contribution in [3.05, 3.63) is 29.1 Å². The van der Waals surface area contributed by atoms with Crippen molar-refractivity contribution < 1.29 is 4.79 Å². The van der Waals surface area contributed by atoms with E-state index in [1.165, 1.54) is 18.4 Å². The summed E-state index contributed by atoms with van der Waals surface area (Å²) in [5.41, 5.74) is 3.14. The summed E-state index contributed by atoms with van der Waals surface area (Å²) in [5, 5.41) is 0. The van der Waals surface area contributed by atoms with E-state index in [2.05, 4.69) is 4.98 Å². The minimum atomic E-state index is 0.833. The largest absolute Gasteiger partial charge is 0.298 e. The molecule has 1 aromatic rings. The first-order chi connectivity index (χ1) is 5.92. The molecule has 12 heavy (non-hydrogen) atoms. The van der Waals surface area contributed by atoms with Gasteiger partial charge in [0.2, 0.25) is 0 Å². The Balaban J connectivity index is 2.51. The van der Waals surface area contributed by atoms with E-state index < -0.39 is 0 Å². The Kier molecular flexibility index (Phi) is 1.90. The molecule has 0 N–H and O–H groups in total. The Hall–Kier alpha value is -1.18. The van der Waals surface area contributed by atoms with Gasteiger partial charge in [-0.25, -0.2) is 0 Å². The third-order valence-corrected chi connectivity index (χ3v) is 2.40. The van der Waals surface area contributed by atoms with Crippen LogP contribution in [0.25, 0.3) is 0 Å². The monoisotopic (exact) mass is 161 g/mol. The summed E-state index contributed by atoms with van der Waals surface area (Å²) in [4.78, 5) is 14.9. The van der Waals surface area contributed by atoms with E-state index >= 15 is 0 Å². The van der Waals surface area contributed by atoms with E-state index in [1.54, 1.807) is 12.3 Å². The van der Waals surface area contributed by atoms with Crippen molar-refractivity contribution in [2.75, 3.05) is 0 Å². The molecule has 0 spiro atoms. The zero-order valence-electron chi connectivity index (χ0n) is 6.92. The van der Waals surface area contributed by atoms with Crippen LogP contribution in [0.15, 0.2) is 12.3 Å². The molecule has 0 radical (unpaired) electrons. The highest BCUT2D eigenvalue weighted by Gasteiger charge is 2.12. The molecule has 1 aliphatic rings. The topological polar surface area (TPSA) is 30.0 Å². The average Bonchev–Trinajstić information content (AvgIpc) is 2.17. The van der Waals surface area contributed by atoms with Gasteiger partial charge >= 0.3 is 0 Å². The first-order valence-electron chi connectivity index (χ1n) is 4.34. The van der Waals surface area contributed by atoms with Crippen molar-refractivity contribution in [1.82, 2.24) is 4.98 Å². The van der Waals surface area contributed by atoms with Crippen LogP contribution in [-0.4, -0.2) is 11.3 Å². The van der Waals surface area contributed by atoms with Crippen LogP contribution in [0.5, 0.6) is 0 Å². The maximum absolute atomic E-state index is 10.7. The number of fused-ring (bicyclic) bond motifs is 1. The molecule has 0 aliphatic heterocycles. The van der Waals surface area contributed by atoms with Crippen LogP contribution in [0, 0.1) is 0 Å². The summed E-state index contributed by atoms with van der Waals surface area (Å²) in [6, 6.07) is 1.80. The normalized spacial score (nSPS) is 15.3. The van der Waals surface area contributed by atoms with Crippen molar-refractivity contribution in [2.45, 2.75) is 25.7 Å². The van der Waals surface area contributed by atoms with Gasteiger partial charge in [-0.15, -0.1) is 0 Å². The van der Waals surface area contributed by atoms with Gasteiger partial charge < -0.3 is 0 Å². The second-order valence-electron chi connectivity index (χ2n) is 3.15. The average molecular weight is 161 g/mol. The van der Waals surface area contributed by atoms with Gasteiger partial charge in [0.25, 0.3) is 0 Å². The fourth-order valence-corrected chi connectivity index (χ4v) is 1.76. The van der Waals surface area contributed by atoms with Crippen molar-refractivity contribution in [2.24, 2.45) is 0 Å². The molecule has 0 amide bonds. The van der Waals surface area contributed by atoms with E-state index in [1.807, 2.05) is 0 Å². The number of carbonyl (C=O) groups is 1. The van der Waals surface area contributed by atoms with Crippen LogP contribution >= 0.6 is 0 Å².